The van der Waals surface area contributed by atoms with Crippen LogP contribution in [0.4, 0.5) is 0 Å². The molecule has 1 rings (SSSR count). The third-order valence-electron chi connectivity index (χ3n) is 2.34. The fraction of sp³-hybridized carbons (Fsp3) is 0.545. The van der Waals surface area contributed by atoms with Crippen LogP contribution in [0.15, 0.2) is 6.07 Å². The molecular formula is C11H17N3O3. The highest BCUT2D eigenvalue weighted by Crippen LogP contribution is 2.20. The van der Waals surface area contributed by atoms with Gasteiger partial charge in [-0.25, -0.2) is 0 Å². The van der Waals surface area contributed by atoms with E-state index in [4.69, 9.17) is 5.11 Å². The molecule has 1 heterocycles. The number of nitrogens with one attached hydrogen (secondary N) is 2. The van der Waals surface area contributed by atoms with Gasteiger partial charge in [-0.2, -0.15) is 5.10 Å². The van der Waals surface area contributed by atoms with Gasteiger partial charge in [0.05, 0.1) is 0 Å². The van der Waals surface area contributed by atoms with E-state index >= 15 is 0 Å². The molecule has 1 aromatic heterocycles. The molecule has 1 amide bonds. The Morgan fingerprint density at radius 2 is 2.06 bits per heavy atom. The Hall–Kier alpha value is -1.85. The van der Waals surface area contributed by atoms with Crippen molar-refractivity contribution >= 4 is 11.9 Å². The van der Waals surface area contributed by atoms with Gasteiger partial charge < -0.3 is 10.4 Å². The first kappa shape index (κ1) is 13.2. The van der Waals surface area contributed by atoms with Crippen LogP contribution in [0.3, 0.4) is 0 Å². The Labute approximate surface area is 99.4 Å². The molecule has 0 saturated heterocycles. The molecular weight excluding hydrogens is 222 g/mol. The highest BCUT2D eigenvalue weighted by Gasteiger charge is 2.21. The van der Waals surface area contributed by atoms with E-state index in [0.717, 1.165) is 5.69 Å². The fourth-order valence-corrected chi connectivity index (χ4v) is 1.15. The van der Waals surface area contributed by atoms with Crippen molar-refractivity contribution in [2.24, 2.45) is 0 Å². The van der Waals surface area contributed by atoms with Gasteiger partial charge >= 0.3 is 5.97 Å². The summed E-state index contributed by atoms with van der Waals surface area (Å²) in [6.45, 7) is 7.36. The van der Waals surface area contributed by atoms with Gasteiger partial charge in [0, 0.05) is 11.1 Å². The van der Waals surface area contributed by atoms with E-state index in [-0.39, 0.29) is 11.1 Å². The number of carbonyl (C=O) groups excluding carboxylic acids is 1. The van der Waals surface area contributed by atoms with Crippen molar-refractivity contribution in [2.75, 3.05) is 0 Å². The summed E-state index contributed by atoms with van der Waals surface area (Å²) in [5.41, 5.74) is 0.887. The predicted octanol–water partition coefficient (Wildman–Crippen LogP) is 0.910. The number of rotatable bonds is 3. The Morgan fingerprint density at radius 3 is 2.47 bits per heavy atom. The number of hydrogen-bond donors (Lipinski definition) is 3. The van der Waals surface area contributed by atoms with Crippen molar-refractivity contribution in [3.63, 3.8) is 0 Å². The first-order chi connectivity index (χ1) is 7.71. The SMILES string of the molecule is C[C@@H](NC(=O)c1cc(C(C)(C)C)[nH]n1)C(=O)O. The lowest BCUT2D eigenvalue weighted by molar-refractivity contribution is -0.138. The van der Waals surface area contributed by atoms with E-state index in [2.05, 4.69) is 15.5 Å². The van der Waals surface area contributed by atoms with Gasteiger partial charge in [0.15, 0.2) is 0 Å². The third kappa shape index (κ3) is 3.30. The molecule has 0 bridgehead atoms. The van der Waals surface area contributed by atoms with E-state index in [0.29, 0.717) is 0 Å². The van der Waals surface area contributed by atoms with Gasteiger partial charge in [0.2, 0.25) is 0 Å². The topological polar surface area (TPSA) is 95.1 Å². The van der Waals surface area contributed by atoms with Crippen molar-refractivity contribution in [3.05, 3.63) is 17.5 Å². The van der Waals surface area contributed by atoms with E-state index in [9.17, 15) is 9.59 Å². The summed E-state index contributed by atoms with van der Waals surface area (Å²) in [5.74, 6) is -1.57. The van der Waals surface area contributed by atoms with Gasteiger partial charge in [0.1, 0.15) is 11.7 Å². The number of carboxylic acid groups (broad SMARTS) is 1. The van der Waals surface area contributed by atoms with Crippen molar-refractivity contribution < 1.29 is 14.7 Å². The standard InChI is InChI=1S/C11H17N3O3/c1-6(10(16)17)12-9(15)7-5-8(14-13-7)11(2,3)4/h5-6H,1-4H3,(H,12,15)(H,13,14)(H,16,17)/t6-/m1/s1. The molecule has 0 fully saturated rings. The molecule has 0 saturated carbocycles. The molecule has 0 aromatic carbocycles. The number of aromatic amines is 1. The number of H-pyrrole nitrogens is 1. The van der Waals surface area contributed by atoms with E-state index < -0.39 is 17.9 Å². The molecule has 3 N–H and O–H groups in total. The summed E-state index contributed by atoms with van der Waals surface area (Å²) in [6.07, 6.45) is 0. The molecule has 0 aliphatic heterocycles. The maximum Gasteiger partial charge on any atom is 0.325 e. The molecule has 94 valence electrons. The number of hydrogen-bond acceptors (Lipinski definition) is 3. The van der Waals surface area contributed by atoms with Crippen molar-refractivity contribution in [2.45, 2.75) is 39.2 Å². The lowest BCUT2D eigenvalue weighted by Crippen LogP contribution is -2.38. The number of amides is 1. The van der Waals surface area contributed by atoms with Crippen molar-refractivity contribution in [3.8, 4) is 0 Å². The molecule has 0 unspecified atom stereocenters. The molecule has 17 heavy (non-hydrogen) atoms. The van der Waals surface area contributed by atoms with Crippen LogP contribution in [-0.4, -0.2) is 33.2 Å². The first-order valence-corrected chi connectivity index (χ1v) is 5.31. The Bertz CT molecular complexity index is 431. The summed E-state index contributed by atoms with van der Waals surface area (Å²) in [4.78, 5) is 22.2. The Balaban J connectivity index is 2.78. The van der Waals surface area contributed by atoms with Gasteiger partial charge in [-0.05, 0) is 13.0 Å². The van der Waals surface area contributed by atoms with Gasteiger partial charge in [0.25, 0.3) is 5.91 Å². The van der Waals surface area contributed by atoms with Gasteiger partial charge in [-0.15, -0.1) is 0 Å². The molecule has 6 heteroatoms. The van der Waals surface area contributed by atoms with Gasteiger partial charge in [-0.1, -0.05) is 20.8 Å². The summed E-state index contributed by atoms with van der Waals surface area (Å²) in [6, 6.07) is 0.696. The molecule has 1 atom stereocenters. The second kappa shape index (κ2) is 4.57. The smallest absolute Gasteiger partial charge is 0.325 e. The van der Waals surface area contributed by atoms with Crippen LogP contribution < -0.4 is 5.32 Å². The molecule has 6 nitrogen and oxygen atoms in total. The van der Waals surface area contributed by atoms with Crippen LogP contribution in [-0.2, 0) is 10.2 Å². The predicted molar refractivity (Wildman–Crippen MR) is 61.9 cm³/mol. The normalized spacial score (nSPS) is 13.2. The largest absolute Gasteiger partial charge is 0.480 e. The second-order valence-electron chi connectivity index (χ2n) is 4.95. The third-order valence-corrected chi connectivity index (χ3v) is 2.34. The molecule has 0 radical (unpaired) electrons. The molecule has 0 aliphatic rings. The van der Waals surface area contributed by atoms with Gasteiger partial charge in [-0.3, -0.25) is 14.7 Å². The Kier molecular flexibility index (Phi) is 3.55. The number of aliphatic carboxylic acids is 1. The monoisotopic (exact) mass is 239 g/mol. The van der Waals surface area contributed by atoms with Crippen LogP contribution in [0.25, 0.3) is 0 Å². The zero-order chi connectivity index (χ0) is 13.2. The number of carboxylic acids is 1. The van der Waals surface area contributed by atoms with Crippen molar-refractivity contribution in [1.29, 1.82) is 0 Å². The molecule has 0 aliphatic carbocycles. The minimum absolute atomic E-state index is 0.135. The highest BCUT2D eigenvalue weighted by molar-refractivity contribution is 5.94. The minimum atomic E-state index is -1.08. The highest BCUT2D eigenvalue weighted by atomic mass is 16.4. The maximum atomic E-state index is 11.6. The minimum Gasteiger partial charge on any atom is -0.480 e. The number of nitrogens with zero attached hydrogens (tertiary/aromatic N) is 1. The second-order valence-corrected chi connectivity index (χ2v) is 4.95. The van der Waals surface area contributed by atoms with Crippen LogP contribution in [0.2, 0.25) is 0 Å². The Morgan fingerprint density at radius 1 is 1.47 bits per heavy atom. The summed E-state index contributed by atoms with van der Waals surface area (Å²) < 4.78 is 0. The van der Waals surface area contributed by atoms with Crippen LogP contribution in [0.5, 0.6) is 0 Å². The lowest BCUT2D eigenvalue weighted by Gasteiger charge is -2.14. The average molecular weight is 239 g/mol. The quantitative estimate of drug-likeness (QED) is 0.730. The average Bonchev–Trinajstić information content (AvgIpc) is 2.65. The van der Waals surface area contributed by atoms with Crippen molar-refractivity contribution in [1.82, 2.24) is 15.5 Å². The number of aromatic nitrogens is 2. The molecule has 1 aromatic rings. The fourth-order valence-electron chi connectivity index (χ4n) is 1.15. The zero-order valence-corrected chi connectivity index (χ0v) is 10.4. The zero-order valence-electron chi connectivity index (χ0n) is 10.4. The summed E-state index contributed by atoms with van der Waals surface area (Å²) >= 11 is 0. The van der Waals surface area contributed by atoms with Crippen LogP contribution in [0.1, 0.15) is 43.9 Å². The van der Waals surface area contributed by atoms with Crippen LogP contribution >= 0.6 is 0 Å². The van der Waals surface area contributed by atoms with E-state index in [1.54, 1.807) is 6.07 Å². The van der Waals surface area contributed by atoms with Crippen LogP contribution in [0, 0.1) is 0 Å². The number of carbonyl (C=O) groups is 2. The lowest BCUT2D eigenvalue weighted by atomic mass is 9.92. The van der Waals surface area contributed by atoms with E-state index in [1.165, 1.54) is 6.92 Å². The maximum absolute atomic E-state index is 11.6. The summed E-state index contributed by atoms with van der Waals surface area (Å²) in [5, 5.41) is 17.6. The van der Waals surface area contributed by atoms with E-state index in [1.807, 2.05) is 20.8 Å². The first-order valence-electron chi connectivity index (χ1n) is 5.31. The molecule has 0 spiro atoms. The summed E-state index contributed by atoms with van der Waals surface area (Å²) in [7, 11) is 0.